The predicted molar refractivity (Wildman–Crippen MR) is 150 cm³/mol. The van der Waals surface area contributed by atoms with Crippen molar-refractivity contribution in [3.8, 4) is 16.9 Å². The van der Waals surface area contributed by atoms with E-state index in [1.165, 1.54) is 18.1 Å². The van der Waals surface area contributed by atoms with Crippen LogP contribution in [-0.4, -0.2) is 29.1 Å². The molecule has 1 saturated heterocycles. The Morgan fingerprint density at radius 2 is 1.55 bits per heavy atom. The molecular formula is C32H33F7N2O3. The van der Waals surface area contributed by atoms with Gasteiger partial charge in [0.05, 0.1) is 30.5 Å². The summed E-state index contributed by atoms with van der Waals surface area (Å²) in [5, 5.41) is 0. The van der Waals surface area contributed by atoms with Crippen LogP contribution >= 0.6 is 0 Å². The first-order valence-corrected chi connectivity index (χ1v) is 14.0. The Kier molecular flexibility index (Phi) is 9.23. The molecule has 1 amide bonds. The maximum Gasteiger partial charge on any atom is 0.416 e. The van der Waals surface area contributed by atoms with Crippen molar-refractivity contribution in [2.45, 2.75) is 83.9 Å². The summed E-state index contributed by atoms with van der Waals surface area (Å²) in [6, 6.07) is 7.13. The second-order valence-electron chi connectivity index (χ2n) is 11.5. The van der Waals surface area contributed by atoms with Crippen LogP contribution in [0.5, 0.6) is 5.75 Å². The fourth-order valence-electron chi connectivity index (χ4n) is 5.20. The number of amides is 1. The van der Waals surface area contributed by atoms with E-state index in [0.717, 1.165) is 0 Å². The molecule has 4 rings (SSSR count). The molecule has 0 aliphatic carbocycles. The summed E-state index contributed by atoms with van der Waals surface area (Å²) in [5.74, 6) is -0.306. The fraction of sp³-hybridized carbons (Fsp3) is 0.438. The van der Waals surface area contributed by atoms with E-state index in [-0.39, 0.29) is 36.6 Å². The van der Waals surface area contributed by atoms with Crippen molar-refractivity contribution in [1.29, 1.82) is 0 Å². The molecule has 0 spiro atoms. The molecule has 5 nitrogen and oxygen atoms in total. The number of methoxy groups -OCH3 is 1. The number of rotatable bonds is 7. The molecular weight excluding hydrogens is 593 g/mol. The van der Waals surface area contributed by atoms with Crippen molar-refractivity contribution >= 4 is 6.09 Å². The van der Waals surface area contributed by atoms with Crippen LogP contribution in [0.3, 0.4) is 0 Å². The van der Waals surface area contributed by atoms with Gasteiger partial charge in [-0.1, -0.05) is 33.8 Å². The van der Waals surface area contributed by atoms with Crippen molar-refractivity contribution in [2.24, 2.45) is 0 Å². The van der Waals surface area contributed by atoms with Crippen LogP contribution in [0, 0.1) is 5.82 Å². The third kappa shape index (κ3) is 6.94. The summed E-state index contributed by atoms with van der Waals surface area (Å²) in [6.07, 6.45) is -12.4. The van der Waals surface area contributed by atoms with E-state index in [4.69, 9.17) is 14.5 Å². The van der Waals surface area contributed by atoms with Crippen molar-refractivity contribution in [2.75, 3.05) is 7.11 Å². The van der Waals surface area contributed by atoms with Crippen molar-refractivity contribution in [1.82, 2.24) is 9.88 Å². The van der Waals surface area contributed by atoms with Gasteiger partial charge in [-0.05, 0) is 60.2 Å². The summed E-state index contributed by atoms with van der Waals surface area (Å²) < 4.78 is 106. The zero-order valence-corrected chi connectivity index (χ0v) is 25.0. The van der Waals surface area contributed by atoms with Crippen molar-refractivity contribution < 1.29 is 45.0 Å². The summed E-state index contributed by atoms with van der Waals surface area (Å²) in [7, 11) is 1.41. The number of hydrogen-bond donors (Lipinski definition) is 0. The lowest BCUT2D eigenvalue weighted by molar-refractivity contribution is -0.143. The van der Waals surface area contributed by atoms with Gasteiger partial charge in [0.2, 0.25) is 0 Å². The van der Waals surface area contributed by atoms with Gasteiger partial charge in [-0.25, -0.2) is 9.18 Å². The Bertz CT molecular complexity index is 1500. The topological polar surface area (TPSA) is 51.7 Å². The molecule has 1 aliphatic rings. The zero-order chi connectivity index (χ0) is 32.7. The van der Waals surface area contributed by atoms with Gasteiger partial charge in [0.25, 0.3) is 0 Å². The quantitative estimate of drug-likeness (QED) is 0.245. The minimum Gasteiger partial charge on any atom is -0.496 e. The van der Waals surface area contributed by atoms with Gasteiger partial charge < -0.3 is 9.47 Å². The van der Waals surface area contributed by atoms with Crippen LogP contribution in [0.15, 0.2) is 42.5 Å². The number of aromatic nitrogens is 1. The van der Waals surface area contributed by atoms with Crippen molar-refractivity contribution in [3.63, 3.8) is 0 Å². The molecule has 2 aromatic carbocycles. The van der Waals surface area contributed by atoms with E-state index < -0.39 is 53.1 Å². The highest BCUT2D eigenvalue weighted by molar-refractivity contribution is 5.75. The lowest BCUT2D eigenvalue weighted by Crippen LogP contribution is -2.44. The number of pyridine rings is 1. The first-order valence-electron chi connectivity index (χ1n) is 14.0. The molecule has 0 bridgehead atoms. The van der Waals surface area contributed by atoms with E-state index in [0.29, 0.717) is 40.2 Å². The van der Waals surface area contributed by atoms with Gasteiger partial charge in [-0.2, -0.15) is 26.3 Å². The summed E-state index contributed by atoms with van der Waals surface area (Å²) in [4.78, 5) is 19.4. The van der Waals surface area contributed by atoms with E-state index >= 15 is 0 Å². The Morgan fingerprint density at radius 3 is 2.05 bits per heavy atom. The normalized spacial score (nSPS) is 17.8. The molecule has 2 atom stereocenters. The minimum absolute atomic E-state index is 0.0167. The maximum absolute atomic E-state index is 14.8. The van der Waals surface area contributed by atoms with E-state index in [1.807, 2.05) is 39.8 Å². The molecule has 2 heterocycles. The molecule has 44 heavy (non-hydrogen) atoms. The summed E-state index contributed by atoms with van der Waals surface area (Å²) >= 11 is 0. The Labute approximate surface area is 251 Å². The van der Waals surface area contributed by atoms with Gasteiger partial charge in [-0.15, -0.1) is 0 Å². The van der Waals surface area contributed by atoms with Crippen LogP contribution in [0.2, 0.25) is 0 Å². The predicted octanol–water partition coefficient (Wildman–Crippen LogP) is 9.65. The van der Waals surface area contributed by atoms with Crippen LogP contribution in [0.25, 0.3) is 11.1 Å². The lowest BCUT2D eigenvalue weighted by Gasteiger charge is -2.37. The van der Waals surface area contributed by atoms with Gasteiger partial charge in [0.15, 0.2) is 0 Å². The average molecular weight is 627 g/mol. The Balaban J connectivity index is 1.72. The fourth-order valence-corrected chi connectivity index (χ4v) is 5.20. The highest BCUT2D eigenvalue weighted by Gasteiger charge is 2.40. The van der Waals surface area contributed by atoms with Gasteiger partial charge in [0, 0.05) is 35.3 Å². The summed E-state index contributed by atoms with van der Waals surface area (Å²) in [6.45, 7) is 9.12. The minimum atomic E-state index is -5.04. The number of carbonyl (C=O) groups is 1. The van der Waals surface area contributed by atoms with E-state index in [1.54, 1.807) is 13.0 Å². The standard InChI is InChI=1S/C32H33F7N2O3/c1-16(2)23-13-24(29(43-6)14-25(23)33)22-7-8-26(17(3)4)40-27(22)15-41-18(5)9-28(44-30(41)42)19-10-20(31(34,35)36)12-21(11-19)32(37,38)39/h7-8,10-14,16-18,28H,9,15H2,1-6H3/t18-,28?/m0/s1. The number of alkyl halides is 6. The van der Waals surface area contributed by atoms with Gasteiger partial charge in [0.1, 0.15) is 17.7 Å². The van der Waals surface area contributed by atoms with Crippen LogP contribution in [0.4, 0.5) is 35.5 Å². The van der Waals surface area contributed by atoms with Gasteiger partial charge >= 0.3 is 18.4 Å². The number of nitrogens with zero attached hydrogens (tertiary/aromatic N) is 2. The Morgan fingerprint density at radius 1 is 0.932 bits per heavy atom. The number of carbonyl (C=O) groups excluding carboxylic acids is 1. The third-order valence-electron chi connectivity index (χ3n) is 7.68. The second kappa shape index (κ2) is 12.3. The molecule has 1 aromatic heterocycles. The monoisotopic (exact) mass is 626 g/mol. The molecule has 1 aliphatic heterocycles. The number of cyclic esters (lactones) is 1. The number of hydrogen-bond acceptors (Lipinski definition) is 4. The number of halogens is 7. The first-order chi connectivity index (χ1) is 20.4. The van der Waals surface area contributed by atoms with Crippen LogP contribution in [-0.2, 0) is 23.6 Å². The highest BCUT2D eigenvalue weighted by atomic mass is 19.4. The molecule has 0 saturated carbocycles. The molecule has 0 N–H and O–H groups in total. The zero-order valence-electron chi connectivity index (χ0n) is 25.0. The lowest BCUT2D eigenvalue weighted by atomic mass is 9.93. The molecule has 1 fully saturated rings. The Hall–Kier alpha value is -3.83. The van der Waals surface area contributed by atoms with Crippen LogP contribution in [0.1, 0.15) is 92.6 Å². The second-order valence-corrected chi connectivity index (χ2v) is 11.5. The largest absolute Gasteiger partial charge is 0.496 e. The first kappa shape index (κ1) is 33.1. The van der Waals surface area contributed by atoms with E-state index in [9.17, 15) is 35.5 Å². The van der Waals surface area contributed by atoms with Gasteiger partial charge in [-0.3, -0.25) is 9.88 Å². The smallest absolute Gasteiger partial charge is 0.416 e. The molecule has 0 radical (unpaired) electrons. The highest BCUT2D eigenvalue weighted by Crippen LogP contribution is 2.41. The summed E-state index contributed by atoms with van der Waals surface area (Å²) in [5.41, 5.74) is -0.635. The average Bonchev–Trinajstić information content (AvgIpc) is 2.93. The number of ether oxygens (including phenoxy) is 2. The molecule has 12 heteroatoms. The van der Waals surface area contributed by atoms with E-state index in [2.05, 4.69) is 0 Å². The number of benzene rings is 2. The molecule has 238 valence electrons. The van der Waals surface area contributed by atoms with Crippen LogP contribution < -0.4 is 4.74 Å². The molecule has 3 aromatic rings. The van der Waals surface area contributed by atoms with Crippen molar-refractivity contribution in [3.05, 3.63) is 81.9 Å². The molecule has 1 unspecified atom stereocenters. The SMILES string of the molecule is COc1cc(F)c(C(C)C)cc1-c1ccc(C(C)C)nc1CN1C(=O)OC(c2cc(C(F)(F)F)cc(C(F)(F)F)c2)C[C@@H]1C. The maximum atomic E-state index is 14.8. The third-order valence-corrected chi connectivity index (χ3v) is 7.68.